The van der Waals surface area contributed by atoms with Crippen molar-refractivity contribution in [2.75, 3.05) is 0 Å². The Labute approximate surface area is 108 Å². The molecular formula is C9H5BrClIO2. The van der Waals surface area contributed by atoms with Crippen molar-refractivity contribution in [1.82, 2.24) is 0 Å². The molecule has 0 saturated heterocycles. The van der Waals surface area contributed by atoms with Crippen LogP contribution in [0.15, 0.2) is 26.8 Å². The Morgan fingerprint density at radius 2 is 1.71 bits per heavy atom. The Morgan fingerprint density at radius 3 is 2.07 bits per heavy atom. The van der Waals surface area contributed by atoms with E-state index in [-0.39, 0.29) is 5.56 Å². The van der Waals surface area contributed by atoms with Gasteiger partial charge >= 0.3 is 5.97 Å². The molecule has 1 aromatic rings. The van der Waals surface area contributed by atoms with Crippen molar-refractivity contribution < 1.29 is 9.90 Å². The van der Waals surface area contributed by atoms with Crippen LogP contribution in [0.1, 0.15) is 15.9 Å². The normalized spacial score (nSPS) is 12.2. The quantitative estimate of drug-likeness (QED) is 0.777. The number of carboxylic acids is 1. The summed E-state index contributed by atoms with van der Waals surface area (Å²) in [5, 5.41) is 9.24. The summed E-state index contributed by atoms with van der Waals surface area (Å²) in [6, 6.07) is 6.39. The molecule has 14 heavy (non-hydrogen) atoms. The molecule has 74 valence electrons. The molecule has 0 aliphatic carbocycles. The average molecular weight is 387 g/mol. The lowest BCUT2D eigenvalue weighted by molar-refractivity contribution is 0.0697. The average Bonchev–Trinajstić information content (AvgIpc) is 2.16. The lowest BCUT2D eigenvalue weighted by atomic mass is 10.1. The highest BCUT2D eigenvalue weighted by Gasteiger charge is 2.05. The Bertz CT molecular complexity index is 382. The van der Waals surface area contributed by atoms with Gasteiger partial charge in [-0.2, -0.15) is 0 Å². The van der Waals surface area contributed by atoms with Gasteiger partial charge in [-0.3, -0.25) is 0 Å². The van der Waals surface area contributed by atoms with Gasteiger partial charge in [0.25, 0.3) is 0 Å². The molecule has 1 N–H and O–H groups in total. The lowest BCUT2D eigenvalue weighted by Gasteiger charge is -2.00. The molecular weight excluding hydrogens is 382 g/mol. The Morgan fingerprint density at radius 1 is 1.29 bits per heavy atom. The maximum atomic E-state index is 10.6. The molecule has 0 amide bonds. The van der Waals surface area contributed by atoms with Gasteiger partial charge in [0, 0.05) is 0 Å². The van der Waals surface area contributed by atoms with Gasteiger partial charge in [-0.15, -0.1) is 0 Å². The second-order valence-electron chi connectivity index (χ2n) is 2.46. The molecule has 0 atom stereocenters. The first-order chi connectivity index (χ1) is 6.52. The first kappa shape index (κ1) is 12.0. The maximum absolute atomic E-state index is 10.6. The predicted molar refractivity (Wildman–Crippen MR) is 69.1 cm³/mol. The van der Waals surface area contributed by atoms with Crippen molar-refractivity contribution in [3.05, 3.63) is 37.9 Å². The van der Waals surface area contributed by atoms with E-state index in [1.165, 1.54) is 12.1 Å². The molecule has 0 spiro atoms. The zero-order valence-corrected chi connectivity index (χ0v) is 11.3. The molecule has 0 aliphatic heterocycles. The molecule has 0 aliphatic rings. The van der Waals surface area contributed by atoms with Crippen molar-refractivity contribution in [2.24, 2.45) is 0 Å². The SMILES string of the molecule is O=C(O)c1ccc(/C(Cl)=C(/Br)I)cc1. The minimum absolute atomic E-state index is 0.253. The topological polar surface area (TPSA) is 37.3 Å². The Kier molecular flexibility index (Phi) is 4.40. The summed E-state index contributed by atoms with van der Waals surface area (Å²) < 4.78 is 0.792. The summed E-state index contributed by atoms with van der Waals surface area (Å²) in [5.74, 6) is -0.940. The fourth-order valence-electron chi connectivity index (χ4n) is 0.868. The van der Waals surface area contributed by atoms with E-state index >= 15 is 0 Å². The third kappa shape index (κ3) is 2.96. The molecule has 0 aromatic heterocycles. The zero-order valence-electron chi connectivity index (χ0n) is 6.80. The van der Waals surface area contributed by atoms with Gasteiger partial charge in [-0.1, -0.05) is 23.7 Å². The molecule has 0 heterocycles. The summed E-state index contributed by atoms with van der Waals surface area (Å²) >= 11 is 11.2. The van der Waals surface area contributed by atoms with Crippen LogP contribution in [0.3, 0.4) is 0 Å². The number of aromatic carboxylic acids is 1. The smallest absolute Gasteiger partial charge is 0.335 e. The van der Waals surface area contributed by atoms with Crippen LogP contribution in [0.25, 0.3) is 5.03 Å². The first-order valence-corrected chi connectivity index (χ1v) is 5.82. The molecule has 0 radical (unpaired) electrons. The van der Waals surface area contributed by atoms with E-state index in [1.807, 2.05) is 22.6 Å². The van der Waals surface area contributed by atoms with Crippen molar-refractivity contribution in [3.8, 4) is 0 Å². The number of carbonyl (C=O) groups is 1. The minimum atomic E-state index is -0.940. The van der Waals surface area contributed by atoms with Gasteiger partial charge in [0.1, 0.15) is 0 Å². The van der Waals surface area contributed by atoms with Gasteiger partial charge in [0.2, 0.25) is 0 Å². The van der Waals surface area contributed by atoms with Crippen molar-refractivity contribution in [1.29, 1.82) is 0 Å². The third-order valence-corrected chi connectivity index (χ3v) is 3.44. The number of hydrogen-bond acceptors (Lipinski definition) is 1. The standard InChI is InChI=1S/C9H5BrClIO2/c10-8(12)7(11)5-1-3-6(4-2-5)9(13)14/h1-4H,(H,13,14)/b8-7+. The van der Waals surface area contributed by atoms with Crippen molar-refractivity contribution >= 4 is 61.1 Å². The second kappa shape index (κ2) is 5.14. The molecule has 5 heteroatoms. The fourth-order valence-corrected chi connectivity index (χ4v) is 1.53. The van der Waals surface area contributed by atoms with Gasteiger partial charge < -0.3 is 5.11 Å². The van der Waals surface area contributed by atoms with Crippen LogP contribution < -0.4 is 0 Å². The van der Waals surface area contributed by atoms with Crippen LogP contribution in [0.5, 0.6) is 0 Å². The van der Waals surface area contributed by atoms with Crippen molar-refractivity contribution in [3.63, 3.8) is 0 Å². The monoisotopic (exact) mass is 386 g/mol. The van der Waals surface area contributed by atoms with E-state index in [1.54, 1.807) is 12.1 Å². The van der Waals surface area contributed by atoms with Crippen molar-refractivity contribution in [2.45, 2.75) is 0 Å². The number of carboxylic acid groups (broad SMARTS) is 1. The van der Waals surface area contributed by atoms with Crippen LogP contribution in [0.4, 0.5) is 0 Å². The van der Waals surface area contributed by atoms with Gasteiger partial charge in [-0.05, 0) is 56.2 Å². The fraction of sp³-hybridized carbons (Fsp3) is 0. The summed E-state index contributed by atoms with van der Waals surface area (Å²) in [6.07, 6.45) is 0. The maximum Gasteiger partial charge on any atom is 0.335 e. The van der Waals surface area contributed by atoms with E-state index in [4.69, 9.17) is 16.7 Å². The van der Waals surface area contributed by atoms with E-state index in [9.17, 15) is 4.79 Å². The largest absolute Gasteiger partial charge is 0.478 e. The van der Waals surface area contributed by atoms with Crippen LogP contribution in [0.2, 0.25) is 0 Å². The number of benzene rings is 1. The predicted octanol–water partition coefficient (Wildman–Crippen LogP) is 4.08. The molecule has 0 saturated carbocycles. The molecule has 1 aromatic carbocycles. The number of rotatable bonds is 2. The van der Waals surface area contributed by atoms with Crippen LogP contribution in [0, 0.1) is 0 Å². The summed E-state index contributed by atoms with van der Waals surface area (Å²) in [4.78, 5) is 10.6. The number of hydrogen-bond donors (Lipinski definition) is 1. The summed E-state index contributed by atoms with van der Waals surface area (Å²) in [6.45, 7) is 0. The first-order valence-electron chi connectivity index (χ1n) is 3.57. The van der Waals surface area contributed by atoms with Crippen LogP contribution in [-0.2, 0) is 0 Å². The summed E-state index contributed by atoms with van der Waals surface area (Å²) in [5.41, 5.74) is 1.04. The highest BCUT2D eigenvalue weighted by Crippen LogP contribution is 2.30. The van der Waals surface area contributed by atoms with Gasteiger partial charge in [-0.25, -0.2) is 4.79 Å². The highest BCUT2D eigenvalue weighted by molar-refractivity contribution is 14.1. The van der Waals surface area contributed by atoms with E-state index in [0.29, 0.717) is 5.03 Å². The molecule has 2 nitrogen and oxygen atoms in total. The molecule has 0 fully saturated rings. The minimum Gasteiger partial charge on any atom is -0.478 e. The van der Waals surface area contributed by atoms with Crippen LogP contribution >= 0.6 is 50.1 Å². The van der Waals surface area contributed by atoms with Gasteiger partial charge in [0.15, 0.2) is 0 Å². The second-order valence-corrected chi connectivity index (χ2v) is 6.19. The zero-order chi connectivity index (χ0) is 10.7. The molecule has 1 rings (SSSR count). The Hall–Kier alpha value is -0.0700. The van der Waals surface area contributed by atoms with Crippen LogP contribution in [-0.4, -0.2) is 11.1 Å². The van der Waals surface area contributed by atoms with E-state index in [0.717, 1.165) is 8.05 Å². The lowest BCUT2D eigenvalue weighted by Crippen LogP contribution is -1.95. The molecule has 0 unspecified atom stereocenters. The van der Waals surface area contributed by atoms with Gasteiger partial charge in [0.05, 0.1) is 13.1 Å². The van der Waals surface area contributed by atoms with E-state index < -0.39 is 5.97 Å². The molecule has 0 bridgehead atoms. The summed E-state index contributed by atoms with van der Waals surface area (Å²) in [7, 11) is 0. The highest BCUT2D eigenvalue weighted by atomic mass is 127. The van der Waals surface area contributed by atoms with E-state index in [2.05, 4.69) is 15.9 Å². The number of halogens is 3. The Balaban J connectivity index is 3.06. The third-order valence-electron chi connectivity index (χ3n) is 1.55.